The molecule has 0 amide bonds. The third-order valence-electron chi connectivity index (χ3n) is 4.01. The summed E-state index contributed by atoms with van der Waals surface area (Å²) in [5, 5.41) is 16.2. The van der Waals surface area contributed by atoms with Gasteiger partial charge in [-0.25, -0.2) is 4.79 Å². The number of nitrogens with zero attached hydrogens (tertiary/aromatic N) is 1. The molecule has 1 saturated heterocycles. The maximum atomic E-state index is 10.9. The van der Waals surface area contributed by atoms with Crippen molar-refractivity contribution < 1.29 is 14.7 Å². The van der Waals surface area contributed by atoms with Crippen molar-refractivity contribution in [2.75, 3.05) is 13.1 Å². The van der Waals surface area contributed by atoms with Gasteiger partial charge in [0, 0.05) is 31.5 Å². The number of carbonyl (C=O) groups is 1. The molecular formula is C14H16N2O3. The maximum Gasteiger partial charge on any atom is 0.335 e. The van der Waals surface area contributed by atoms with E-state index in [1.165, 1.54) is 0 Å². The average Bonchev–Trinajstić information content (AvgIpc) is 2.88. The molecule has 0 aliphatic carbocycles. The number of piperidine rings is 1. The Morgan fingerprint density at radius 3 is 2.84 bits per heavy atom. The highest BCUT2D eigenvalue weighted by Gasteiger charge is 2.45. The number of aromatic carboxylic acids is 1. The first kappa shape index (κ1) is 12.2. The summed E-state index contributed by atoms with van der Waals surface area (Å²) in [5.41, 5.74) is 1.16. The zero-order valence-electron chi connectivity index (χ0n) is 10.5. The Morgan fingerprint density at radius 1 is 1.42 bits per heavy atom. The van der Waals surface area contributed by atoms with Crippen molar-refractivity contribution >= 4 is 12.2 Å². The van der Waals surface area contributed by atoms with Gasteiger partial charge in [0.1, 0.15) is 0 Å². The second-order valence-electron chi connectivity index (χ2n) is 5.08. The van der Waals surface area contributed by atoms with E-state index >= 15 is 0 Å². The largest absolute Gasteiger partial charge is 0.478 e. The Kier molecular flexibility index (Phi) is 2.98. The third kappa shape index (κ3) is 2.10. The van der Waals surface area contributed by atoms with Crippen LogP contribution in [0.25, 0.3) is 0 Å². The Bertz CT molecular complexity index is 502. The van der Waals surface area contributed by atoms with Gasteiger partial charge in [-0.05, 0) is 24.2 Å². The van der Waals surface area contributed by atoms with Gasteiger partial charge in [0.25, 0.3) is 0 Å². The Morgan fingerprint density at radius 2 is 2.21 bits per heavy atom. The van der Waals surface area contributed by atoms with E-state index in [1.807, 2.05) is 18.3 Å². The second-order valence-corrected chi connectivity index (χ2v) is 5.08. The monoisotopic (exact) mass is 260 g/mol. The van der Waals surface area contributed by atoms with Crippen LogP contribution in [0.15, 0.2) is 29.4 Å². The van der Waals surface area contributed by atoms with Gasteiger partial charge in [-0.2, -0.15) is 0 Å². The number of benzene rings is 1. The first-order valence-electron chi connectivity index (χ1n) is 6.45. The Hall–Kier alpha value is -1.88. The van der Waals surface area contributed by atoms with Crippen LogP contribution < -0.4 is 5.32 Å². The van der Waals surface area contributed by atoms with Crippen LogP contribution in [0.5, 0.6) is 0 Å². The van der Waals surface area contributed by atoms with Gasteiger partial charge in [-0.1, -0.05) is 17.3 Å². The fraction of sp³-hybridized carbons (Fsp3) is 0.429. The summed E-state index contributed by atoms with van der Waals surface area (Å²) in [6.07, 6.45) is 3.56. The molecule has 1 spiro atoms. The van der Waals surface area contributed by atoms with E-state index in [4.69, 9.17) is 9.94 Å². The lowest BCUT2D eigenvalue weighted by atomic mass is 9.76. The predicted molar refractivity (Wildman–Crippen MR) is 70.6 cm³/mol. The van der Waals surface area contributed by atoms with Crippen molar-refractivity contribution in [1.29, 1.82) is 0 Å². The third-order valence-corrected chi connectivity index (χ3v) is 4.01. The van der Waals surface area contributed by atoms with Crippen molar-refractivity contribution in [2.24, 2.45) is 5.16 Å². The lowest BCUT2D eigenvalue weighted by molar-refractivity contribution is -0.0561. The number of carboxylic acid groups (broad SMARTS) is 1. The van der Waals surface area contributed by atoms with Gasteiger partial charge in [-0.15, -0.1) is 0 Å². The minimum atomic E-state index is -0.900. The molecule has 2 heterocycles. The predicted octanol–water partition coefficient (Wildman–Crippen LogP) is 1.61. The molecule has 1 aromatic carbocycles. The molecule has 100 valence electrons. The van der Waals surface area contributed by atoms with E-state index in [2.05, 4.69) is 10.5 Å². The first-order chi connectivity index (χ1) is 9.21. The Balaban J connectivity index is 1.88. The molecular weight excluding hydrogens is 244 g/mol. The van der Waals surface area contributed by atoms with Crippen LogP contribution in [0, 0.1) is 0 Å². The van der Waals surface area contributed by atoms with Crippen molar-refractivity contribution in [3.05, 3.63) is 35.4 Å². The SMILES string of the molecule is O=C(O)c1ccc(C2CNCCC23CC=NO3)cc1. The smallest absolute Gasteiger partial charge is 0.335 e. The molecule has 0 bridgehead atoms. The highest BCUT2D eigenvalue weighted by Crippen LogP contribution is 2.40. The maximum absolute atomic E-state index is 10.9. The van der Waals surface area contributed by atoms with Crippen LogP contribution in [0.1, 0.15) is 34.7 Å². The van der Waals surface area contributed by atoms with Gasteiger partial charge in [0.15, 0.2) is 5.60 Å². The van der Waals surface area contributed by atoms with E-state index in [0.717, 1.165) is 31.5 Å². The lowest BCUT2D eigenvalue weighted by Crippen LogP contribution is -2.48. The number of carboxylic acids is 1. The van der Waals surface area contributed by atoms with Crippen LogP contribution in [0.4, 0.5) is 0 Å². The number of hydrogen-bond acceptors (Lipinski definition) is 4. The quantitative estimate of drug-likeness (QED) is 0.847. The fourth-order valence-electron chi connectivity index (χ4n) is 2.91. The zero-order chi connectivity index (χ0) is 13.3. The normalized spacial score (nSPS) is 29.4. The van der Waals surface area contributed by atoms with E-state index in [-0.39, 0.29) is 11.5 Å². The molecule has 2 N–H and O–H groups in total. The summed E-state index contributed by atoms with van der Waals surface area (Å²) >= 11 is 0. The molecule has 5 nitrogen and oxygen atoms in total. The summed E-state index contributed by atoms with van der Waals surface area (Å²) in [4.78, 5) is 16.5. The average molecular weight is 260 g/mol. The summed E-state index contributed by atoms with van der Waals surface area (Å²) in [5.74, 6) is -0.699. The summed E-state index contributed by atoms with van der Waals surface area (Å²) in [6.45, 7) is 1.75. The summed E-state index contributed by atoms with van der Waals surface area (Å²) in [7, 11) is 0. The van der Waals surface area contributed by atoms with Crippen LogP contribution in [-0.4, -0.2) is 36.0 Å². The molecule has 1 fully saturated rings. The van der Waals surface area contributed by atoms with Crippen LogP contribution in [0.2, 0.25) is 0 Å². The van der Waals surface area contributed by atoms with Crippen molar-refractivity contribution in [2.45, 2.75) is 24.4 Å². The van der Waals surface area contributed by atoms with Gasteiger partial charge in [-0.3, -0.25) is 0 Å². The van der Waals surface area contributed by atoms with Crippen molar-refractivity contribution in [1.82, 2.24) is 5.32 Å². The Labute approximate surface area is 111 Å². The molecule has 19 heavy (non-hydrogen) atoms. The van der Waals surface area contributed by atoms with E-state index < -0.39 is 5.97 Å². The number of nitrogens with one attached hydrogen (secondary N) is 1. The van der Waals surface area contributed by atoms with Crippen LogP contribution >= 0.6 is 0 Å². The highest BCUT2D eigenvalue weighted by molar-refractivity contribution is 5.87. The van der Waals surface area contributed by atoms with Crippen LogP contribution in [0.3, 0.4) is 0 Å². The van der Waals surface area contributed by atoms with E-state index in [1.54, 1.807) is 12.1 Å². The van der Waals surface area contributed by atoms with Gasteiger partial charge in [0.2, 0.25) is 0 Å². The molecule has 5 heteroatoms. The highest BCUT2D eigenvalue weighted by atomic mass is 16.7. The molecule has 2 aliphatic heterocycles. The van der Waals surface area contributed by atoms with E-state index in [9.17, 15) is 4.79 Å². The molecule has 1 aromatic rings. The lowest BCUT2D eigenvalue weighted by Gasteiger charge is -2.39. The minimum absolute atomic E-state index is 0.201. The molecule has 0 saturated carbocycles. The standard InChI is InChI=1S/C14H16N2O3/c17-13(18)11-3-1-10(2-4-11)12-9-15-7-5-14(12)6-8-16-19-14/h1-4,8,12,15H,5-7,9H2,(H,17,18). The second kappa shape index (κ2) is 4.66. The number of oxime groups is 1. The topological polar surface area (TPSA) is 70.9 Å². The minimum Gasteiger partial charge on any atom is -0.478 e. The van der Waals surface area contributed by atoms with Crippen LogP contribution in [-0.2, 0) is 4.84 Å². The molecule has 2 unspecified atom stereocenters. The fourth-order valence-corrected chi connectivity index (χ4v) is 2.91. The van der Waals surface area contributed by atoms with Crippen molar-refractivity contribution in [3.8, 4) is 0 Å². The summed E-state index contributed by atoms with van der Waals surface area (Å²) < 4.78 is 0. The van der Waals surface area contributed by atoms with Gasteiger partial charge >= 0.3 is 5.97 Å². The molecule has 2 aliphatic rings. The molecule has 3 rings (SSSR count). The zero-order valence-corrected chi connectivity index (χ0v) is 10.5. The number of hydrogen-bond donors (Lipinski definition) is 2. The summed E-state index contributed by atoms with van der Waals surface area (Å²) in [6, 6.07) is 7.06. The van der Waals surface area contributed by atoms with Gasteiger partial charge in [0.05, 0.1) is 5.56 Å². The molecule has 2 atom stereocenters. The molecule has 0 aromatic heterocycles. The molecule has 0 radical (unpaired) electrons. The number of rotatable bonds is 2. The van der Waals surface area contributed by atoms with Crippen molar-refractivity contribution in [3.63, 3.8) is 0 Å². The van der Waals surface area contributed by atoms with E-state index in [0.29, 0.717) is 5.56 Å². The first-order valence-corrected chi connectivity index (χ1v) is 6.45. The van der Waals surface area contributed by atoms with Gasteiger partial charge < -0.3 is 15.3 Å².